The predicted octanol–water partition coefficient (Wildman–Crippen LogP) is 3.61. The highest BCUT2D eigenvalue weighted by molar-refractivity contribution is 5.66. The van der Waals surface area contributed by atoms with Gasteiger partial charge in [0.15, 0.2) is 6.29 Å². The highest BCUT2D eigenvalue weighted by Crippen LogP contribution is 2.28. The first-order chi connectivity index (χ1) is 11.6. The summed E-state index contributed by atoms with van der Waals surface area (Å²) in [6.07, 6.45) is 2.04. The Labute approximate surface area is 143 Å². The van der Waals surface area contributed by atoms with E-state index < -0.39 is 5.97 Å². The highest BCUT2D eigenvalue weighted by Gasteiger charge is 2.35. The average molecular weight is 336 g/mol. The van der Waals surface area contributed by atoms with Crippen molar-refractivity contribution in [2.24, 2.45) is 5.92 Å². The van der Waals surface area contributed by atoms with Crippen molar-refractivity contribution in [1.82, 2.24) is 0 Å². The molecule has 134 valence electrons. The fourth-order valence-electron chi connectivity index (χ4n) is 2.75. The molecular weight excluding hydrogens is 308 g/mol. The van der Waals surface area contributed by atoms with Gasteiger partial charge in [-0.05, 0) is 37.7 Å². The molecule has 2 unspecified atom stereocenters. The number of hydrogen-bond acceptors (Lipinski definition) is 4. The van der Waals surface area contributed by atoms with E-state index in [9.17, 15) is 4.79 Å². The number of benzene rings is 1. The summed E-state index contributed by atoms with van der Waals surface area (Å²) in [6.45, 7) is 5.24. The van der Waals surface area contributed by atoms with Gasteiger partial charge in [0.05, 0.1) is 12.7 Å². The molecule has 0 amide bonds. The lowest BCUT2D eigenvalue weighted by Crippen LogP contribution is -2.45. The Bertz CT molecular complexity index is 490. The van der Waals surface area contributed by atoms with Crippen LogP contribution in [-0.4, -0.2) is 36.2 Å². The van der Waals surface area contributed by atoms with Crippen LogP contribution >= 0.6 is 0 Å². The van der Waals surface area contributed by atoms with Gasteiger partial charge in [-0.15, -0.1) is 0 Å². The Morgan fingerprint density at radius 3 is 2.67 bits per heavy atom. The summed E-state index contributed by atoms with van der Waals surface area (Å²) >= 11 is 0. The normalized spacial score (nSPS) is 27.1. The van der Waals surface area contributed by atoms with Crippen molar-refractivity contribution in [3.63, 3.8) is 0 Å². The van der Waals surface area contributed by atoms with Crippen LogP contribution in [-0.2, 0) is 25.6 Å². The molecule has 1 aliphatic heterocycles. The summed E-state index contributed by atoms with van der Waals surface area (Å²) in [5.41, 5.74) is 1.13. The molecule has 1 heterocycles. The van der Waals surface area contributed by atoms with Crippen LogP contribution in [0.2, 0.25) is 0 Å². The van der Waals surface area contributed by atoms with Crippen LogP contribution in [0.15, 0.2) is 30.3 Å². The van der Waals surface area contributed by atoms with Crippen molar-refractivity contribution in [2.45, 2.75) is 64.6 Å². The second-order valence-corrected chi connectivity index (χ2v) is 6.48. The topological polar surface area (TPSA) is 65.0 Å². The van der Waals surface area contributed by atoms with Crippen LogP contribution in [0.4, 0.5) is 0 Å². The number of aliphatic carboxylic acids is 1. The number of rotatable bonds is 9. The van der Waals surface area contributed by atoms with Crippen LogP contribution in [0.25, 0.3) is 0 Å². The molecular formula is C19H28O5. The van der Waals surface area contributed by atoms with Gasteiger partial charge in [-0.25, -0.2) is 0 Å². The van der Waals surface area contributed by atoms with Crippen molar-refractivity contribution in [2.75, 3.05) is 6.61 Å². The van der Waals surface area contributed by atoms with Crippen LogP contribution in [0.1, 0.15) is 45.1 Å². The van der Waals surface area contributed by atoms with E-state index in [0.29, 0.717) is 32.0 Å². The highest BCUT2D eigenvalue weighted by atomic mass is 16.7. The molecule has 5 heteroatoms. The second kappa shape index (κ2) is 9.77. The number of ether oxygens (including phenoxy) is 3. The number of carboxylic acid groups (broad SMARTS) is 1. The molecule has 1 saturated heterocycles. The molecule has 1 N–H and O–H groups in total. The Balaban J connectivity index is 1.81. The maximum atomic E-state index is 10.5. The fraction of sp³-hybridized carbons (Fsp3) is 0.632. The molecule has 2 rings (SSSR count). The van der Waals surface area contributed by atoms with E-state index in [1.165, 1.54) is 0 Å². The molecule has 0 aromatic heterocycles. The van der Waals surface area contributed by atoms with E-state index in [1.54, 1.807) is 0 Å². The molecule has 0 bridgehead atoms. The number of carbonyl (C=O) groups is 1. The maximum absolute atomic E-state index is 10.5. The lowest BCUT2D eigenvalue weighted by Gasteiger charge is -2.38. The number of unbranched alkanes of at least 4 members (excludes halogenated alkanes) is 1. The zero-order valence-electron chi connectivity index (χ0n) is 14.5. The first-order valence-corrected chi connectivity index (χ1v) is 8.70. The van der Waals surface area contributed by atoms with Gasteiger partial charge in [0.25, 0.3) is 0 Å². The fourth-order valence-corrected chi connectivity index (χ4v) is 2.75. The molecule has 1 aromatic carbocycles. The van der Waals surface area contributed by atoms with Gasteiger partial charge in [0.2, 0.25) is 0 Å². The molecule has 1 fully saturated rings. The Morgan fingerprint density at radius 1 is 1.21 bits per heavy atom. The third kappa shape index (κ3) is 6.23. The van der Waals surface area contributed by atoms with E-state index in [4.69, 9.17) is 19.3 Å². The first-order valence-electron chi connectivity index (χ1n) is 8.70. The molecule has 1 aliphatic rings. The predicted molar refractivity (Wildman–Crippen MR) is 90.6 cm³/mol. The summed E-state index contributed by atoms with van der Waals surface area (Å²) in [5, 5.41) is 8.66. The van der Waals surface area contributed by atoms with Crippen molar-refractivity contribution in [3.05, 3.63) is 35.9 Å². The Morgan fingerprint density at radius 2 is 1.96 bits per heavy atom. The summed E-state index contributed by atoms with van der Waals surface area (Å²) in [7, 11) is 0. The monoisotopic (exact) mass is 336 g/mol. The van der Waals surface area contributed by atoms with Crippen molar-refractivity contribution >= 4 is 5.97 Å². The average Bonchev–Trinajstić information content (AvgIpc) is 2.56. The van der Waals surface area contributed by atoms with E-state index >= 15 is 0 Å². The van der Waals surface area contributed by atoms with Crippen molar-refractivity contribution in [3.8, 4) is 0 Å². The Hall–Kier alpha value is -1.43. The van der Waals surface area contributed by atoms with Crippen LogP contribution < -0.4 is 0 Å². The minimum Gasteiger partial charge on any atom is -0.481 e. The van der Waals surface area contributed by atoms with Crippen LogP contribution in [0.3, 0.4) is 0 Å². The summed E-state index contributed by atoms with van der Waals surface area (Å²) in [5.74, 6) is -0.354. The molecule has 0 saturated carbocycles. The van der Waals surface area contributed by atoms with Crippen molar-refractivity contribution < 1.29 is 24.1 Å². The van der Waals surface area contributed by atoms with Gasteiger partial charge in [0.1, 0.15) is 6.10 Å². The first kappa shape index (κ1) is 18.9. The molecule has 0 spiro atoms. The number of hydrogen-bond donors (Lipinski definition) is 1. The van der Waals surface area contributed by atoms with Gasteiger partial charge in [-0.2, -0.15) is 0 Å². The molecule has 4 atom stereocenters. The molecule has 5 nitrogen and oxygen atoms in total. The molecule has 0 radical (unpaired) electrons. The van der Waals surface area contributed by atoms with Gasteiger partial charge < -0.3 is 19.3 Å². The van der Waals surface area contributed by atoms with Crippen LogP contribution in [0.5, 0.6) is 0 Å². The van der Waals surface area contributed by atoms with E-state index in [0.717, 1.165) is 12.0 Å². The minimum absolute atomic E-state index is 0.101. The zero-order valence-corrected chi connectivity index (χ0v) is 14.5. The van der Waals surface area contributed by atoms with Gasteiger partial charge >= 0.3 is 5.97 Å². The third-order valence-electron chi connectivity index (χ3n) is 4.43. The smallest absolute Gasteiger partial charge is 0.303 e. The zero-order chi connectivity index (χ0) is 17.4. The maximum Gasteiger partial charge on any atom is 0.303 e. The number of carboxylic acids is 1. The van der Waals surface area contributed by atoms with Gasteiger partial charge in [-0.1, -0.05) is 37.3 Å². The Kier molecular flexibility index (Phi) is 7.69. The lowest BCUT2D eigenvalue weighted by molar-refractivity contribution is -0.262. The second-order valence-electron chi connectivity index (χ2n) is 6.48. The summed E-state index contributed by atoms with van der Waals surface area (Å²) in [6, 6.07) is 10.1. The molecule has 0 aliphatic carbocycles. The lowest BCUT2D eigenvalue weighted by atomic mass is 9.95. The SMILES string of the molecule is CC1O[C@@H](OCCCCC(=O)O)C(OCc2ccccc2)C[C@H]1C. The van der Waals surface area contributed by atoms with Crippen LogP contribution in [0, 0.1) is 5.92 Å². The van der Waals surface area contributed by atoms with Crippen molar-refractivity contribution in [1.29, 1.82) is 0 Å². The van der Waals surface area contributed by atoms with Gasteiger partial charge in [0, 0.05) is 13.0 Å². The molecule has 1 aromatic rings. The minimum atomic E-state index is -0.768. The summed E-state index contributed by atoms with van der Waals surface area (Å²) in [4.78, 5) is 10.5. The largest absolute Gasteiger partial charge is 0.481 e. The quantitative estimate of drug-likeness (QED) is 0.698. The standard InChI is InChI=1S/C19H28O5/c1-14-12-17(23-13-16-8-4-3-5-9-16)19(24-15(14)2)22-11-7-6-10-18(20)21/h3-5,8-9,14-15,17,19H,6-7,10-13H2,1-2H3,(H,20,21)/t14-,15?,17?,19-/m1/s1. The summed E-state index contributed by atoms with van der Waals surface area (Å²) < 4.78 is 17.9. The third-order valence-corrected chi connectivity index (χ3v) is 4.43. The van der Waals surface area contributed by atoms with E-state index in [2.05, 4.69) is 13.8 Å². The van der Waals surface area contributed by atoms with Gasteiger partial charge in [-0.3, -0.25) is 4.79 Å². The molecule has 24 heavy (non-hydrogen) atoms. The van der Waals surface area contributed by atoms with E-state index in [1.807, 2.05) is 30.3 Å². The van der Waals surface area contributed by atoms with E-state index in [-0.39, 0.29) is 24.9 Å².